The van der Waals surface area contributed by atoms with E-state index in [2.05, 4.69) is 0 Å². The van der Waals surface area contributed by atoms with E-state index in [0.717, 1.165) is 12.5 Å². The SMILES string of the molecule is CCC1(CC)O[C@H](COS(C)(=O)=O)[C@@H](COS(C)(=O)=O)O1. The minimum atomic E-state index is -3.62. The van der Waals surface area contributed by atoms with Gasteiger partial charge in [0.1, 0.15) is 12.2 Å². The van der Waals surface area contributed by atoms with Crippen molar-refractivity contribution in [2.24, 2.45) is 0 Å². The molecule has 126 valence electrons. The second-order valence-corrected chi connectivity index (χ2v) is 8.20. The Kier molecular flexibility index (Phi) is 6.16. The maximum Gasteiger partial charge on any atom is 0.264 e. The molecule has 0 N–H and O–H groups in total. The van der Waals surface area contributed by atoms with Gasteiger partial charge >= 0.3 is 0 Å². The summed E-state index contributed by atoms with van der Waals surface area (Å²) in [5, 5.41) is 0. The fourth-order valence-electron chi connectivity index (χ4n) is 1.98. The molecule has 8 nitrogen and oxygen atoms in total. The Morgan fingerprint density at radius 1 is 0.857 bits per heavy atom. The van der Waals surface area contributed by atoms with E-state index >= 15 is 0 Å². The van der Waals surface area contributed by atoms with Crippen LogP contribution in [0.4, 0.5) is 0 Å². The van der Waals surface area contributed by atoms with E-state index in [4.69, 9.17) is 17.8 Å². The van der Waals surface area contributed by atoms with Crippen LogP contribution in [-0.4, -0.2) is 60.6 Å². The van der Waals surface area contributed by atoms with Gasteiger partial charge in [0, 0.05) is 0 Å². The molecule has 1 rings (SSSR count). The summed E-state index contributed by atoms with van der Waals surface area (Å²) < 4.78 is 65.2. The Balaban J connectivity index is 2.78. The van der Waals surface area contributed by atoms with E-state index in [1.54, 1.807) is 0 Å². The van der Waals surface area contributed by atoms with Crippen molar-refractivity contribution >= 4 is 20.2 Å². The van der Waals surface area contributed by atoms with Gasteiger partial charge in [-0.25, -0.2) is 0 Å². The highest BCUT2D eigenvalue weighted by Crippen LogP contribution is 2.35. The van der Waals surface area contributed by atoms with Crippen molar-refractivity contribution in [2.45, 2.75) is 44.7 Å². The molecule has 0 aromatic heterocycles. The Hall–Kier alpha value is -0.260. The molecule has 1 heterocycles. The maximum absolute atomic E-state index is 11.1. The molecule has 21 heavy (non-hydrogen) atoms. The molecule has 1 saturated heterocycles. The van der Waals surface area contributed by atoms with Crippen molar-refractivity contribution in [1.29, 1.82) is 0 Å². The van der Waals surface area contributed by atoms with Gasteiger partial charge in [-0.15, -0.1) is 0 Å². The zero-order valence-electron chi connectivity index (χ0n) is 12.6. The lowest BCUT2D eigenvalue weighted by molar-refractivity contribution is -0.182. The topological polar surface area (TPSA) is 105 Å². The van der Waals surface area contributed by atoms with E-state index < -0.39 is 38.2 Å². The van der Waals surface area contributed by atoms with Gasteiger partial charge in [0.05, 0.1) is 25.7 Å². The smallest absolute Gasteiger partial charge is 0.264 e. The molecule has 0 aromatic carbocycles. The average molecular weight is 346 g/mol. The van der Waals surface area contributed by atoms with Crippen LogP contribution in [0.25, 0.3) is 0 Å². The predicted molar refractivity (Wildman–Crippen MR) is 74.7 cm³/mol. The van der Waals surface area contributed by atoms with Crippen molar-refractivity contribution in [2.75, 3.05) is 25.7 Å². The van der Waals surface area contributed by atoms with Crippen LogP contribution < -0.4 is 0 Å². The maximum atomic E-state index is 11.1. The van der Waals surface area contributed by atoms with E-state index in [1.807, 2.05) is 13.8 Å². The van der Waals surface area contributed by atoms with Crippen LogP contribution in [0.3, 0.4) is 0 Å². The van der Waals surface area contributed by atoms with Gasteiger partial charge in [-0.1, -0.05) is 13.8 Å². The normalized spacial score (nSPS) is 26.1. The number of hydrogen-bond acceptors (Lipinski definition) is 8. The monoisotopic (exact) mass is 346 g/mol. The average Bonchev–Trinajstić information content (AvgIpc) is 2.71. The minimum Gasteiger partial charge on any atom is -0.341 e. The molecule has 0 aromatic rings. The molecule has 10 heteroatoms. The third kappa shape index (κ3) is 6.17. The first-order chi connectivity index (χ1) is 9.50. The van der Waals surface area contributed by atoms with Crippen molar-refractivity contribution in [3.63, 3.8) is 0 Å². The molecule has 1 aliphatic heterocycles. The third-order valence-electron chi connectivity index (χ3n) is 3.12. The van der Waals surface area contributed by atoms with Gasteiger partial charge in [0.15, 0.2) is 5.79 Å². The summed E-state index contributed by atoms with van der Waals surface area (Å²) in [6.07, 6.45) is 1.49. The van der Waals surface area contributed by atoms with Crippen LogP contribution in [0.5, 0.6) is 0 Å². The van der Waals surface area contributed by atoms with Crippen LogP contribution >= 0.6 is 0 Å². The van der Waals surface area contributed by atoms with Crippen LogP contribution in [-0.2, 0) is 38.1 Å². The predicted octanol–water partition coefficient (Wildman–Crippen LogP) is 0.239. The second-order valence-electron chi connectivity index (χ2n) is 4.91. The molecule has 0 bridgehead atoms. The zero-order chi connectivity index (χ0) is 16.3. The summed E-state index contributed by atoms with van der Waals surface area (Å²) in [5.74, 6) is -0.878. The first kappa shape index (κ1) is 18.8. The summed E-state index contributed by atoms with van der Waals surface area (Å²) in [6.45, 7) is 3.21. The van der Waals surface area contributed by atoms with Crippen molar-refractivity contribution in [3.05, 3.63) is 0 Å². The van der Waals surface area contributed by atoms with Crippen LogP contribution in [0.2, 0.25) is 0 Å². The van der Waals surface area contributed by atoms with Gasteiger partial charge < -0.3 is 9.47 Å². The lowest BCUT2D eigenvalue weighted by Crippen LogP contribution is -2.33. The van der Waals surface area contributed by atoms with Crippen LogP contribution in [0, 0.1) is 0 Å². The molecule has 2 atom stereocenters. The summed E-state index contributed by atoms with van der Waals surface area (Å²) in [4.78, 5) is 0. The Bertz CT molecular complexity index is 489. The van der Waals surface area contributed by atoms with Crippen molar-refractivity contribution in [3.8, 4) is 0 Å². The largest absolute Gasteiger partial charge is 0.341 e. The van der Waals surface area contributed by atoms with E-state index in [-0.39, 0.29) is 13.2 Å². The number of ether oxygens (including phenoxy) is 2. The molecule has 0 amide bonds. The van der Waals surface area contributed by atoms with Crippen molar-refractivity contribution in [1.82, 2.24) is 0 Å². The number of hydrogen-bond donors (Lipinski definition) is 0. The van der Waals surface area contributed by atoms with Crippen LogP contribution in [0.15, 0.2) is 0 Å². The van der Waals surface area contributed by atoms with Gasteiger partial charge in [0.25, 0.3) is 20.2 Å². The molecule has 0 saturated carbocycles. The molecule has 0 radical (unpaired) electrons. The van der Waals surface area contributed by atoms with Crippen LogP contribution in [0.1, 0.15) is 26.7 Å². The Labute approximate surface area is 126 Å². The second kappa shape index (κ2) is 6.88. The number of rotatable bonds is 8. The van der Waals surface area contributed by atoms with Gasteiger partial charge in [-0.3, -0.25) is 8.37 Å². The zero-order valence-corrected chi connectivity index (χ0v) is 14.2. The van der Waals surface area contributed by atoms with Gasteiger partial charge in [-0.2, -0.15) is 16.8 Å². The summed E-state index contributed by atoms with van der Waals surface area (Å²) >= 11 is 0. The molecule has 0 spiro atoms. The molecular formula is C11H22O8S2. The first-order valence-electron chi connectivity index (χ1n) is 6.54. The summed E-state index contributed by atoms with van der Waals surface area (Å²) in [5.41, 5.74) is 0. The lowest BCUT2D eigenvalue weighted by Gasteiger charge is -2.25. The molecule has 0 aliphatic carbocycles. The minimum absolute atomic E-state index is 0.252. The standard InChI is InChI=1S/C11H22O8S2/c1-5-11(6-2)18-9(7-16-20(3,12)13)10(19-11)8-17-21(4,14)15/h9-10H,5-8H2,1-4H3/t9-,10-/m1/s1. The summed E-state index contributed by atoms with van der Waals surface area (Å²) in [6, 6.07) is 0. The molecule has 1 aliphatic rings. The highest BCUT2D eigenvalue weighted by molar-refractivity contribution is 7.86. The van der Waals surface area contributed by atoms with E-state index in [1.165, 1.54) is 0 Å². The molecule has 1 fully saturated rings. The van der Waals surface area contributed by atoms with Gasteiger partial charge in [0.2, 0.25) is 0 Å². The first-order valence-corrected chi connectivity index (χ1v) is 10.2. The van der Waals surface area contributed by atoms with E-state index in [9.17, 15) is 16.8 Å². The fourth-order valence-corrected chi connectivity index (χ4v) is 2.74. The van der Waals surface area contributed by atoms with Gasteiger partial charge in [-0.05, 0) is 12.8 Å². The third-order valence-corrected chi connectivity index (χ3v) is 4.25. The van der Waals surface area contributed by atoms with E-state index in [0.29, 0.717) is 12.8 Å². The highest BCUT2D eigenvalue weighted by Gasteiger charge is 2.46. The summed E-state index contributed by atoms with van der Waals surface area (Å²) in [7, 11) is -7.25. The molecular weight excluding hydrogens is 324 g/mol. The fraction of sp³-hybridized carbons (Fsp3) is 1.00. The highest BCUT2D eigenvalue weighted by atomic mass is 32.2. The quantitative estimate of drug-likeness (QED) is 0.576. The lowest BCUT2D eigenvalue weighted by atomic mass is 10.1. The van der Waals surface area contributed by atoms with Crippen molar-refractivity contribution < 1.29 is 34.7 Å². The Morgan fingerprint density at radius 2 is 1.19 bits per heavy atom. The molecule has 0 unspecified atom stereocenters. The Morgan fingerprint density at radius 3 is 1.43 bits per heavy atom.